The molecule has 0 unspecified atom stereocenters. The number of carbonyl (C=O) groups excluding carboxylic acids is 3. The second kappa shape index (κ2) is 13.5. The molecule has 238 valence electrons. The standard InChI is InChI=1S/C32H44ClN7O3S/c1-20-16-21(17-25(33)29(20)34)18-27(30(41)38-11-4-23(5-12-38)22-2-9-35-10-3-22)37-31(42)39-13-6-24(7-14-39)40-19-28-26(8-15-44-28)36-32(40)43/h8,15-17,22-24,27,35H,2-7,9-14,18-19,34H2,1H3,(H,36,43)(H,37,42)/t27-/m1/s1. The van der Waals surface area contributed by atoms with Gasteiger partial charge in [-0.05, 0) is 99.0 Å². The SMILES string of the molecule is Cc1cc(C[C@@H](NC(=O)N2CCC(N3Cc4sccc4NC3=O)CC2)C(=O)N2CCC(C3CCNCC3)CC2)cc(Cl)c1N. The number of amides is 5. The molecule has 44 heavy (non-hydrogen) atoms. The van der Waals surface area contributed by atoms with Crippen LogP contribution in [0.1, 0.15) is 54.5 Å². The van der Waals surface area contributed by atoms with Crippen molar-refractivity contribution in [2.75, 3.05) is 50.3 Å². The Bertz CT molecular complexity index is 1340. The topological polar surface area (TPSA) is 123 Å². The van der Waals surface area contributed by atoms with E-state index in [0.717, 1.165) is 66.6 Å². The second-order valence-electron chi connectivity index (χ2n) is 12.8. The molecule has 3 saturated heterocycles. The summed E-state index contributed by atoms with van der Waals surface area (Å²) in [4.78, 5) is 47.1. The van der Waals surface area contributed by atoms with Crippen molar-refractivity contribution in [2.24, 2.45) is 11.8 Å². The number of halogens is 1. The molecule has 2 aromatic rings. The monoisotopic (exact) mass is 641 g/mol. The maximum absolute atomic E-state index is 14.0. The van der Waals surface area contributed by atoms with E-state index in [2.05, 4.69) is 16.0 Å². The van der Waals surface area contributed by atoms with Gasteiger partial charge < -0.3 is 36.4 Å². The molecule has 1 aromatic carbocycles. The van der Waals surface area contributed by atoms with Crippen LogP contribution in [0.2, 0.25) is 5.02 Å². The molecule has 4 aliphatic rings. The fraction of sp³-hybridized carbons (Fsp3) is 0.594. The Morgan fingerprint density at radius 3 is 2.43 bits per heavy atom. The number of piperidine rings is 3. The van der Waals surface area contributed by atoms with E-state index in [1.165, 1.54) is 12.8 Å². The third-order valence-corrected chi connectivity index (χ3v) is 11.3. The lowest BCUT2D eigenvalue weighted by Crippen LogP contribution is -2.57. The number of fused-ring (bicyclic) bond motifs is 1. The lowest BCUT2D eigenvalue weighted by atomic mass is 9.79. The van der Waals surface area contributed by atoms with E-state index in [0.29, 0.717) is 55.5 Å². The van der Waals surface area contributed by atoms with Gasteiger partial charge in [0.05, 0.1) is 22.9 Å². The molecule has 10 nitrogen and oxygen atoms in total. The summed E-state index contributed by atoms with van der Waals surface area (Å²) in [6.45, 7) is 7.15. The van der Waals surface area contributed by atoms with Gasteiger partial charge in [-0.2, -0.15) is 0 Å². The first-order valence-corrected chi connectivity index (χ1v) is 17.3. The van der Waals surface area contributed by atoms with Crippen LogP contribution in [0, 0.1) is 18.8 Å². The van der Waals surface area contributed by atoms with Crippen molar-refractivity contribution < 1.29 is 14.4 Å². The van der Waals surface area contributed by atoms with Gasteiger partial charge in [-0.3, -0.25) is 4.79 Å². The van der Waals surface area contributed by atoms with E-state index in [1.54, 1.807) is 22.3 Å². The number of hydrogen-bond donors (Lipinski definition) is 4. The average Bonchev–Trinajstić information content (AvgIpc) is 3.50. The van der Waals surface area contributed by atoms with Crippen LogP contribution in [0.15, 0.2) is 23.6 Å². The van der Waals surface area contributed by atoms with Gasteiger partial charge in [-0.1, -0.05) is 17.7 Å². The minimum atomic E-state index is -0.708. The van der Waals surface area contributed by atoms with Crippen LogP contribution >= 0.6 is 22.9 Å². The van der Waals surface area contributed by atoms with Crippen molar-refractivity contribution >= 4 is 52.3 Å². The Balaban J connectivity index is 1.09. The number of nitrogens with one attached hydrogen (secondary N) is 3. The summed E-state index contributed by atoms with van der Waals surface area (Å²) >= 11 is 8.05. The number of anilines is 2. The maximum atomic E-state index is 14.0. The largest absolute Gasteiger partial charge is 0.397 e. The maximum Gasteiger partial charge on any atom is 0.322 e. The van der Waals surface area contributed by atoms with Crippen molar-refractivity contribution in [3.8, 4) is 0 Å². The van der Waals surface area contributed by atoms with Crippen LogP contribution in [0.5, 0.6) is 0 Å². The van der Waals surface area contributed by atoms with E-state index in [4.69, 9.17) is 17.3 Å². The zero-order valence-electron chi connectivity index (χ0n) is 25.4. The minimum absolute atomic E-state index is 0.0423. The first-order chi connectivity index (χ1) is 21.3. The highest BCUT2D eigenvalue weighted by atomic mass is 35.5. The van der Waals surface area contributed by atoms with Gasteiger partial charge in [0.1, 0.15) is 6.04 Å². The third-order valence-electron chi connectivity index (χ3n) is 10.1. The summed E-state index contributed by atoms with van der Waals surface area (Å²) < 4.78 is 0. The zero-order chi connectivity index (χ0) is 30.8. The molecule has 5 N–H and O–H groups in total. The number of nitrogen functional groups attached to an aromatic ring is 1. The number of urea groups is 2. The molecule has 0 bridgehead atoms. The van der Waals surface area contributed by atoms with Crippen molar-refractivity contribution in [3.05, 3.63) is 44.6 Å². The van der Waals surface area contributed by atoms with Crippen LogP contribution in [-0.4, -0.2) is 84.0 Å². The Hall–Kier alpha value is -3.02. The molecule has 0 aliphatic carbocycles. The van der Waals surface area contributed by atoms with Gasteiger partial charge in [0.25, 0.3) is 0 Å². The van der Waals surface area contributed by atoms with Crippen LogP contribution in [-0.2, 0) is 17.8 Å². The first kappa shape index (κ1) is 31.0. The van der Waals surface area contributed by atoms with E-state index in [1.807, 2.05) is 34.2 Å². The molecular weight excluding hydrogens is 598 g/mol. The number of likely N-dealkylation sites (tertiary alicyclic amines) is 2. The van der Waals surface area contributed by atoms with Gasteiger partial charge in [0.2, 0.25) is 5.91 Å². The highest BCUT2D eigenvalue weighted by Gasteiger charge is 2.36. The van der Waals surface area contributed by atoms with Crippen LogP contribution in [0.25, 0.3) is 0 Å². The van der Waals surface area contributed by atoms with Crippen LogP contribution in [0.4, 0.5) is 21.0 Å². The highest BCUT2D eigenvalue weighted by molar-refractivity contribution is 7.10. The molecule has 1 aromatic heterocycles. The van der Waals surface area contributed by atoms with E-state index < -0.39 is 6.04 Å². The van der Waals surface area contributed by atoms with E-state index in [9.17, 15) is 14.4 Å². The zero-order valence-corrected chi connectivity index (χ0v) is 27.0. The summed E-state index contributed by atoms with van der Waals surface area (Å²) in [5, 5.41) is 12.0. The number of aryl methyl sites for hydroxylation is 1. The fourth-order valence-corrected chi connectivity index (χ4v) is 8.53. The Kier molecular flexibility index (Phi) is 9.53. The molecule has 0 radical (unpaired) electrons. The Labute approximate surface area is 268 Å². The van der Waals surface area contributed by atoms with Gasteiger partial charge in [0, 0.05) is 43.5 Å². The van der Waals surface area contributed by atoms with Gasteiger partial charge in [-0.25, -0.2) is 9.59 Å². The molecular formula is C32H44ClN7O3S. The number of hydrogen-bond acceptors (Lipinski definition) is 6. The summed E-state index contributed by atoms with van der Waals surface area (Å²) in [7, 11) is 0. The minimum Gasteiger partial charge on any atom is -0.397 e. The number of rotatable bonds is 6. The predicted octanol–water partition coefficient (Wildman–Crippen LogP) is 4.66. The Morgan fingerprint density at radius 1 is 1.05 bits per heavy atom. The summed E-state index contributed by atoms with van der Waals surface area (Å²) in [6.07, 6.45) is 6.16. The van der Waals surface area contributed by atoms with Crippen molar-refractivity contribution in [2.45, 2.75) is 70.5 Å². The van der Waals surface area contributed by atoms with E-state index >= 15 is 0 Å². The number of carbonyl (C=O) groups is 3. The summed E-state index contributed by atoms with van der Waals surface area (Å²) in [5.41, 5.74) is 9.24. The first-order valence-electron chi connectivity index (χ1n) is 16.0. The number of nitrogens with zero attached hydrogens (tertiary/aromatic N) is 3. The lowest BCUT2D eigenvalue weighted by molar-refractivity contribution is -0.135. The Morgan fingerprint density at radius 2 is 1.73 bits per heavy atom. The number of benzene rings is 1. The molecule has 3 fully saturated rings. The van der Waals surface area contributed by atoms with Gasteiger partial charge in [-0.15, -0.1) is 11.3 Å². The average molecular weight is 642 g/mol. The summed E-state index contributed by atoms with van der Waals surface area (Å²) in [5.74, 6) is 1.34. The lowest BCUT2D eigenvalue weighted by Gasteiger charge is -2.41. The molecule has 5 heterocycles. The van der Waals surface area contributed by atoms with E-state index in [-0.39, 0.29) is 24.0 Å². The molecule has 4 aliphatic heterocycles. The quantitative estimate of drug-likeness (QED) is 0.342. The molecule has 0 saturated carbocycles. The molecule has 5 amide bonds. The number of thiophene rings is 1. The smallest absolute Gasteiger partial charge is 0.322 e. The highest BCUT2D eigenvalue weighted by Crippen LogP contribution is 2.33. The van der Waals surface area contributed by atoms with Gasteiger partial charge >= 0.3 is 12.1 Å². The van der Waals surface area contributed by atoms with Crippen LogP contribution in [0.3, 0.4) is 0 Å². The van der Waals surface area contributed by atoms with Crippen molar-refractivity contribution in [3.63, 3.8) is 0 Å². The fourth-order valence-electron chi connectivity index (χ4n) is 7.41. The number of nitrogens with two attached hydrogens (primary N) is 1. The normalized spacial score (nSPS) is 21.1. The molecule has 0 spiro atoms. The van der Waals surface area contributed by atoms with Crippen LogP contribution < -0.4 is 21.7 Å². The molecule has 6 rings (SSSR count). The molecule has 12 heteroatoms. The predicted molar refractivity (Wildman–Crippen MR) is 175 cm³/mol. The van der Waals surface area contributed by atoms with Crippen molar-refractivity contribution in [1.82, 2.24) is 25.3 Å². The summed E-state index contributed by atoms with van der Waals surface area (Å²) in [6, 6.07) is 4.72. The van der Waals surface area contributed by atoms with Gasteiger partial charge in [0.15, 0.2) is 0 Å². The third kappa shape index (κ3) is 6.79. The molecule has 1 atom stereocenters. The van der Waals surface area contributed by atoms with Crippen molar-refractivity contribution in [1.29, 1.82) is 0 Å². The second-order valence-corrected chi connectivity index (χ2v) is 14.2.